The van der Waals surface area contributed by atoms with E-state index in [2.05, 4.69) is 48.3 Å². The van der Waals surface area contributed by atoms with E-state index < -0.39 is 0 Å². The van der Waals surface area contributed by atoms with Crippen LogP contribution in [0.3, 0.4) is 0 Å². The Morgan fingerprint density at radius 1 is 1.53 bits per heavy atom. The van der Waals surface area contributed by atoms with Crippen LogP contribution < -0.4 is 10.2 Å². The zero-order valence-electron chi connectivity index (χ0n) is 10.7. The van der Waals surface area contributed by atoms with Crippen molar-refractivity contribution in [1.82, 2.24) is 5.32 Å². The molecule has 2 nitrogen and oxygen atoms in total. The molecule has 1 aliphatic rings. The molecule has 2 heteroatoms. The predicted octanol–water partition coefficient (Wildman–Crippen LogP) is 2.18. The van der Waals surface area contributed by atoms with Crippen molar-refractivity contribution in [3.8, 4) is 12.3 Å². The lowest BCUT2D eigenvalue weighted by Crippen LogP contribution is -2.26. The fourth-order valence-corrected chi connectivity index (χ4v) is 2.29. The highest BCUT2D eigenvalue weighted by molar-refractivity contribution is 5.58. The second-order valence-electron chi connectivity index (χ2n) is 4.64. The van der Waals surface area contributed by atoms with Gasteiger partial charge in [0, 0.05) is 25.8 Å². The second-order valence-corrected chi connectivity index (χ2v) is 4.64. The van der Waals surface area contributed by atoms with Crippen molar-refractivity contribution >= 4 is 5.69 Å². The number of nitrogens with zero attached hydrogens (tertiary/aromatic N) is 1. The van der Waals surface area contributed by atoms with Gasteiger partial charge in [0.2, 0.25) is 0 Å². The second kappa shape index (κ2) is 5.25. The van der Waals surface area contributed by atoms with Crippen LogP contribution >= 0.6 is 0 Å². The summed E-state index contributed by atoms with van der Waals surface area (Å²) >= 11 is 0. The van der Waals surface area contributed by atoms with Gasteiger partial charge in [-0.15, -0.1) is 6.42 Å². The van der Waals surface area contributed by atoms with Crippen LogP contribution in [0.25, 0.3) is 0 Å². The summed E-state index contributed by atoms with van der Waals surface area (Å²) in [6.45, 7) is 4.10. The molecule has 1 heterocycles. The van der Waals surface area contributed by atoms with Crippen LogP contribution in [0.1, 0.15) is 24.5 Å². The van der Waals surface area contributed by atoms with Crippen molar-refractivity contribution in [3.63, 3.8) is 0 Å². The number of rotatable bonds is 4. The number of likely N-dealkylation sites (N-methyl/N-ethyl adjacent to an activating group) is 1. The van der Waals surface area contributed by atoms with Crippen molar-refractivity contribution < 1.29 is 0 Å². The Kier molecular flexibility index (Phi) is 3.71. The molecule has 0 fully saturated rings. The molecule has 0 aliphatic carbocycles. The van der Waals surface area contributed by atoms with Crippen LogP contribution in [0.4, 0.5) is 5.69 Å². The summed E-state index contributed by atoms with van der Waals surface area (Å²) in [5.41, 5.74) is 4.16. The van der Waals surface area contributed by atoms with Gasteiger partial charge < -0.3 is 4.90 Å². The van der Waals surface area contributed by atoms with Gasteiger partial charge >= 0.3 is 0 Å². The number of hydrogen-bond acceptors (Lipinski definition) is 2. The molecule has 0 radical (unpaired) electrons. The number of hydrogen-bond donors (Lipinski definition) is 1. The molecule has 0 spiro atoms. The van der Waals surface area contributed by atoms with Crippen LogP contribution in [-0.2, 0) is 13.0 Å². The number of benzene rings is 1. The average Bonchev–Trinajstić information content (AvgIpc) is 2.72. The first-order chi connectivity index (χ1) is 8.24. The van der Waals surface area contributed by atoms with Crippen LogP contribution in [0.5, 0.6) is 0 Å². The monoisotopic (exact) mass is 228 g/mol. The molecule has 1 N–H and O–H groups in total. The van der Waals surface area contributed by atoms with Gasteiger partial charge in [0.15, 0.2) is 0 Å². The van der Waals surface area contributed by atoms with Gasteiger partial charge in [0.05, 0.1) is 6.04 Å². The highest BCUT2D eigenvalue weighted by atomic mass is 15.1. The van der Waals surface area contributed by atoms with Gasteiger partial charge in [-0.3, -0.25) is 5.32 Å². The molecule has 2 rings (SSSR count). The number of anilines is 1. The summed E-state index contributed by atoms with van der Waals surface area (Å²) in [6.07, 6.45) is 7.57. The van der Waals surface area contributed by atoms with Crippen molar-refractivity contribution in [3.05, 3.63) is 29.3 Å². The number of nitrogens with one attached hydrogen (secondary N) is 1. The van der Waals surface area contributed by atoms with E-state index in [-0.39, 0.29) is 6.04 Å². The summed E-state index contributed by atoms with van der Waals surface area (Å²) in [7, 11) is 2.15. The Morgan fingerprint density at radius 3 is 3.06 bits per heavy atom. The maximum Gasteiger partial charge on any atom is 0.0686 e. The third-order valence-corrected chi connectivity index (χ3v) is 3.43. The normalized spacial score (nSPS) is 15.5. The van der Waals surface area contributed by atoms with Gasteiger partial charge in [-0.2, -0.15) is 0 Å². The first-order valence-electron chi connectivity index (χ1n) is 6.27. The van der Waals surface area contributed by atoms with E-state index in [4.69, 9.17) is 6.42 Å². The topological polar surface area (TPSA) is 15.3 Å². The first-order valence-corrected chi connectivity index (χ1v) is 6.27. The minimum Gasteiger partial charge on any atom is -0.374 e. The zero-order valence-corrected chi connectivity index (χ0v) is 10.7. The molecule has 1 aromatic rings. The Labute approximate surface area is 104 Å². The first kappa shape index (κ1) is 12.0. The molecule has 0 aromatic heterocycles. The van der Waals surface area contributed by atoms with E-state index >= 15 is 0 Å². The largest absolute Gasteiger partial charge is 0.374 e. The van der Waals surface area contributed by atoms with E-state index in [0.717, 1.165) is 25.9 Å². The lowest BCUT2D eigenvalue weighted by Gasteiger charge is -2.13. The molecular formula is C15H20N2. The minimum atomic E-state index is 0.186. The zero-order chi connectivity index (χ0) is 12.3. The molecule has 0 bridgehead atoms. The van der Waals surface area contributed by atoms with Crippen molar-refractivity contribution in [2.45, 2.75) is 32.4 Å². The fourth-order valence-electron chi connectivity index (χ4n) is 2.29. The molecule has 0 amide bonds. The highest BCUT2D eigenvalue weighted by Gasteiger charge is 2.15. The van der Waals surface area contributed by atoms with Gasteiger partial charge in [-0.05, 0) is 30.0 Å². The fraction of sp³-hybridized carbons (Fsp3) is 0.467. The average molecular weight is 228 g/mol. The van der Waals surface area contributed by atoms with E-state index in [0.29, 0.717) is 0 Å². The molecular weight excluding hydrogens is 208 g/mol. The molecule has 17 heavy (non-hydrogen) atoms. The standard InChI is InChI=1S/C15H20N2/c1-4-14(5-2)16-11-12-6-7-15-13(10-12)8-9-17(15)3/h1,6-7,10,14,16H,5,8-9,11H2,2-3H3. The Balaban J connectivity index is 2.02. The summed E-state index contributed by atoms with van der Waals surface area (Å²) in [5, 5.41) is 3.39. The Bertz CT molecular complexity index is 431. The van der Waals surface area contributed by atoms with Crippen molar-refractivity contribution in [1.29, 1.82) is 0 Å². The van der Waals surface area contributed by atoms with E-state index in [1.54, 1.807) is 0 Å². The van der Waals surface area contributed by atoms with E-state index in [1.165, 1.54) is 16.8 Å². The molecule has 1 aromatic carbocycles. The van der Waals surface area contributed by atoms with Gasteiger partial charge in [0.1, 0.15) is 0 Å². The van der Waals surface area contributed by atoms with Crippen molar-refractivity contribution in [2.24, 2.45) is 0 Å². The summed E-state index contributed by atoms with van der Waals surface area (Å²) < 4.78 is 0. The SMILES string of the molecule is C#CC(CC)NCc1ccc2c(c1)CCN2C. The smallest absolute Gasteiger partial charge is 0.0686 e. The minimum absolute atomic E-state index is 0.186. The van der Waals surface area contributed by atoms with E-state index in [1.807, 2.05) is 0 Å². The van der Waals surface area contributed by atoms with Crippen LogP contribution in [0, 0.1) is 12.3 Å². The molecule has 1 aliphatic heterocycles. The van der Waals surface area contributed by atoms with Crippen LogP contribution in [0.2, 0.25) is 0 Å². The third kappa shape index (κ3) is 2.62. The molecule has 0 saturated heterocycles. The highest BCUT2D eigenvalue weighted by Crippen LogP contribution is 2.27. The van der Waals surface area contributed by atoms with Gasteiger partial charge in [0.25, 0.3) is 0 Å². The predicted molar refractivity (Wildman–Crippen MR) is 73.2 cm³/mol. The number of fused-ring (bicyclic) bond motifs is 1. The molecule has 1 atom stereocenters. The maximum atomic E-state index is 5.44. The van der Waals surface area contributed by atoms with Gasteiger partial charge in [-0.25, -0.2) is 0 Å². The maximum absolute atomic E-state index is 5.44. The number of terminal acetylenes is 1. The Hall–Kier alpha value is -1.46. The lowest BCUT2D eigenvalue weighted by atomic mass is 10.1. The Morgan fingerprint density at radius 2 is 2.35 bits per heavy atom. The summed E-state index contributed by atoms with van der Waals surface area (Å²) in [6, 6.07) is 6.90. The lowest BCUT2D eigenvalue weighted by molar-refractivity contribution is 0.592. The van der Waals surface area contributed by atoms with Crippen LogP contribution in [-0.4, -0.2) is 19.6 Å². The van der Waals surface area contributed by atoms with Gasteiger partial charge in [-0.1, -0.05) is 25.0 Å². The molecule has 90 valence electrons. The quantitative estimate of drug-likeness (QED) is 0.795. The summed E-state index contributed by atoms with van der Waals surface area (Å²) in [5.74, 6) is 2.76. The summed E-state index contributed by atoms with van der Waals surface area (Å²) in [4.78, 5) is 2.31. The molecule has 0 saturated carbocycles. The van der Waals surface area contributed by atoms with Crippen molar-refractivity contribution in [2.75, 3.05) is 18.5 Å². The third-order valence-electron chi connectivity index (χ3n) is 3.43. The van der Waals surface area contributed by atoms with Crippen LogP contribution in [0.15, 0.2) is 18.2 Å². The molecule has 1 unspecified atom stereocenters. The van der Waals surface area contributed by atoms with E-state index in [9.17, 15) is 0 Å².